The Morgan fingerprint density at radius 3 is 2.47 bits per heavy atom. The number of rotatable bonds is 6. The van der Waals surface area contributed by atoms with Crippen molar-refractivity contribution < 1.29 is 14.3 Å². The zero-order valence-corrected chi connectivity index (χ0v) is 17.5. The van der Waals surface area contributed by atoms with Gasteiger partial charge in [0.15, 0.2) is 6.61 Å². The minimum Gasteiger partial charge on any atom is -0.484 e. The second-order valence-electron chi connectivity index (χ2n) is 7.77. The summed E-state index contributed by atoms with van der Waals surface area (Å²) in [6.07, 6.45) is 9.36. The number of likely N-dealkylation sites (N-methyl/N-ethyl adjacent to an activating group) is 1. The molecule has 2 aromatic carbocycles. The number of ether oxygens (including phenoxy) is 2. The van der Waals surface area contributed by atoms with Gasteiger partial charge < -0.3 is 14.4 Å². The molecule has 156 valence electrons. The van der Waals surface area contributed by atoms with Crippen LogP contribution in [0, 0.1) is 0 Å². The van der Waals surface area contributed by atoms with Gasteiger partial charge in [-0.15, -0.1) is 0 Å². The molecule has 1 aliphatic carbocycles. The van der Waals surface area contributed by atoms with Gasteiger partial charge in [-0.2, -0.15) is 0 Å². The summed E-state index contributed by atoms with van der Waals surface area (Å²) in [4.78, 5) is 22.8. The number of hydrogen-bond acceptors (Lipinski definition) is 5. The van der Waals surface area contributed by atoms with Crippen LogP contribution in [0.15, 0.2) is 48.8 Å². The predicted octanol–water partition coefficient (Wildman–Crippen LogP) is 4.48. The molecule has 0 aliphatic heterocycles. The predicted molar refractivity (Wildman–Crippen MR) is 117 cm³/mol. The van der Waals surface area contributed by atoms with E-state index in [0.29, 0.717) is 17.8 Å². The fourth-order valence-corrected chi connectivity index (χ4v) is 3.98. The maximum absolute atomic E-state index is 12.5. The fourth-order valence-electron chi connectivity index (χ4n) is 3.98. The Labute approximate surface area is 176 Å². The van der Waals surface area contributed by atoms with Gasteiger partial charge in [0.05, 0.1) is 7.11 Å². The fraction of sp³-hybridized carbons (Fsp3) is 0.375. The molecule has 0 saturated heterocycles. The van der Waals surface area contributed by atoms with Gasteiger partial charge in [-0.1, -0.05) is 37.5 Å². The molecule has 0 unspecified atom stereocenters. The molecule has 6 heteroatoms. The molecule has 0 radical (unpaired) electrons. The minimum absolute atomic E-state index is 0.0335. The molecule has 1 aromatic heterocycles. The van der Waals surface area contributed by atoms with Gasteiger partial charge in [-0.25, -0.2) is 9.97 Å². The van der Waals surface area contributed by atoms with Crippen LogP contribution in [0.3, 0.4) is 0 Å². The van der Waals surface area contributed by atoms with Crippen molar-refractivity contribution in [3.63, 3.8) is 0 Å². The summed E-state index contributed by atoms with van der Waals surface area (Å²) < 4.78 is 10.9. The van der Waals surface area contributed by atoms with Crippen LogP contribution in [-0.4, -0.2) is 47.6 Å². The zero-order chi connectivity index (χ0) is 20.9. The van der Waals surface area contributed by atoms with Crippen LogP contribution < -0.4 is 9.47 Å². The normalized spacial score (nSPS) is 14.5. The highest BCUT2D eigenvalue weighted by atomic mass is 16.5. The molecule has 1 saturated carbocycles. The highest BCUT2D eigenvalue weighted by Crippen LogP contribution is 2.27. The van der Waals surface area contributed by atoms with E-state index in [9.17, 15) is 4.79 Å². The molecule has 30 heavy (non-hydrogen) atoms. The lowest BCUT2D eigenvalue weighted by molar-refractivity contribution is -0.134. The molecule has 6 nitrogen and oxygen atoms in total. The number of fused-ring (bicyclic) bond motifs is 1. The maximum atomic E-state index is 12.5. The second-order valence-corrected chi connectivity index (χ2v) is 7.77. The number of amides is 1. The Kier molecular flexibility index (Phi) is 6.12. The molecule has 1 aliphatic rings. The first-order valence-corrected chi connectivity index (χ1v) is 10.4. The van der Waals surface area contributed by atoms with E-state index in [0.717, 1.165) is 34.7 Å². The lowest BCUT2D eigenvalue weighted by atomic mass is 9.94. The van der Waals surface area contributed by atoms with Gasteiger partial charge in [0.2, 0.25) is 0 Å². The molecule has 0 bridgehead atoms. The second kappa shape index (κ2) is 9.11. The number of nitrogens with zero attached hydrogens (tertiary/aromatic N) is 3. The lowest BCUT2D eigenvalue weighted by Gasteiger charge is -2.31. The monoisotopic (exact) mass is 405 g/mol. The van der Waals surface area contributed by atoms with Crippen LogP contribution in [0.25, 0.3) is 21.9 Å². The summed E-state index contributed by atoms with van der Waals surface area (Å²) in [6, 6.07) is 12.7. The van der Waals surface area contributed by atoms with E-state index in [-0.39, 0.29) is 12.5 Å². The first kappa shape index (κ1) is 20.1. The zero-order valence-electron chi connectivity index (χ0n) is 17.5. The van der Waals surface area contributed by atoms with E-state index in [1.807, 2.05) is 36.2 Å². The van der Waals surface area contributed by atoms with E-state index in [2.05, 4.69) is 22.1 Å². The molecular weight excluding hydrogens is 378 g/mol. The van der Waals surface area contributed by atoms with Crippen molar-refractivity contribution in [2.24, 2.45) is 0 Å². The SMILES string of the molecule is COc1ncc(-c2ccc3ccc(OCC(=O)N(C)C4CCCCC4)cc3c2)cn1. The first-order valence-electron chi connectivity index (χ1n) is 10.4. The van der Waals surface area contributed by atoms with E-state index < -0.39 is 0 Å². The van der Waals surface area contributed by atoms with Crippen molar-refractivity contribution in [1.29, 1.82) is 0 Å². The van der Waals surface area contributed by atoms with Gasteiger partial charge in [0, 0.05) is 31.0 Å². The molecule has 1 amide bonds. The molecular formula is C24H27N3O3. The van der Waals surface area contributed by atoms with Crippen molar-refractivity contribution in [1.82, 2.24) is 14.9 Å². The standard InChI is InChI=1S/C24H27N3O3/c1-27(21-6-4-3-5-7-21)23(28)16-30-22-11-10-17-8-9-18(12-19(17)13-22)20-14-25-24(29-2)26-15-20/h8-15,21H,3-7,16H2,1-2H3. The number of carbonyl (C=O) groups excluding carboxylic acids is 1. The lowest BCUT2D eigenvalue weighted by Crippen LogP contribution is -2.40. The van der Waals surface area contributed by atoms with Crippen molar-refractivity contribution in [3.8, 4) is 22.9 Å². The van der Waals surface area contributed by atoms with E-state index in [1.165, 1.54) is 19.3 Å². The van der Waals surface area contributed by atoms with Gasteiger partial charge in [0.25, 0.3) is 5.91 Å². The number of aromatic nitrogens is 2. The Hall–Kier alpha value is -3.15. The first-order chi connectivity index (χ1) is 14.6. The molecule has 3 aromatic rings. The number of carbonyl (C=O) groups is 1. The maximum Gasteiger partial charge on any atom is 0.316 e. The highest BCUT2D eigenvalue weighted by Gasteiger charge is 2.22. The van der Waals surface area contributed by atoms with Crippen LogP contribution in [0.1, 0.15) is 32.1 Å². The Morgan fingerprint density at radius 2 is 1.73 bits per heavy atom. The molecule has 0 N–H and O–H groups in total. The van der Waals surface area contributed by atoms with E-state index >= 15 is 0 Å². The van der Waals surface area contributed by atoms with Gasteiger partial charge >= 0.3 is 6.01 Å². The van der Waals surface area contributed by atoms with Crippen LogP contribution >= 0.6 is 0 Å². The van der Waals surface area contributed by atoms with Gasteiger partial charge in [-0.05, 0) is 47.4 Å². The van der Waals surface area contributed by atoms with Crippen molar-refractivity contribution in [2.75, 3.05) is 20.8 Å². The van der Waals surface area contributed by atoms with Crippen molar-refractivity contribution in [3.05, 3.63) is 48.8 Å². The quantitative estimate of drug-likeness (QED) is 0.605. The van der Waals surface area contributed by atoms with Crippen molar-refractivity contribution >= 4 is 16.7 Å². The third-order valence-electron chi connectivity index (χ3n) is 5.83. The average molecular weight is 405 g/mol. The molecule has 0 atom stereocenters. The third-order valence-corrected chi connectivity index (χ3v) is 5.83. The number of benzene rings is 2. The third kappa shape index (κ3) is 4.53. The summed E-state index contributed by atoms with van der Waals surface area (Å²) in [5.74, 6) is 0.724. The van der Waals surface area contributed by atoms with E-state index in [1.54, 1.807) is 19.5 Å². The molecule has 1 fully saturated rings. The highest BCUT2D eigenvalue weighted by molar-refractivity contribution is 5.88. The van der Waals surface area contributed by atoms with Crippen LogP contribution in [0.2, 0.25) is 0 Å². The van der Waals surface area contributed by atoms with Gasteiger partial charge in [0.1, 0.15) is 5.75 Å². The Bertz CT molecular complexity index is 1010. The summed E-state index contributed by atoms with van der Waals surface area (Å²) in [7, 11) is 3.44. The topological polar surface area (TPSA) is 64.6 Å². The van der Waals surface area contributed by atoms with Gasteiger partial charge in [-0.3, -0.25) is 4.79 Å². The number of hydrogen-bond donors (Lipinski definition) is 0. The van der Waals surface area contributed by atoms with Crippen molar-refractivity contribution in [2.45, 2.75) is 38.1 Å². The molecule has 1 heterocycles. The summed E-state index contributed by atoms with van der Waals surface area (Å²) >= 11 is 0. The van der Waals surface area contributed by atoms with Crippen LogP contribution in [0.5, 0.6) is 11.8 Å². The minimum atomic E-state index is 0.0335. The number of methoxy groups -OCH3 is 1. The van der Waals surface area contributed by atoms with Crippen LogP contribution in [0.4, 0.5) is 0 Å². The average Bonchev–Trinajstić information content (AvgIpc) is 2.82. The Balaban J connectivity index is 1.46. The Morgan fingerprint density at radius 1 is 1.00 bits per heavy atom. The smallest absolute Gasteiger partial charge is 0.316 e. The summed E-state index contributed by atoms with van der Waals surface area (Å²) in [6.45, 7) is 0.0600. The largest absolute Gasteiger partial charge is 0.484 e. The van der Waals surface area contributed by atoms with Crippen LogP contribution in [-0.2, 0) is 4.79 Å². The molecule has 0 spiro atoms. The molecule has 4 rings (SSSR count). The summed E-state index contributed by atoms with van der Waals surface area (Å²) in [5, 5.41) is 2.14. The van der Waals surface area contributed by atoms with E-state index in [4.69, 9.17) is 9.47 Å². The summed E-state index contributed by atoms with van der Waals surface area (Å²) in [5.41, 5.74) is 1.92.